The second-order valence-corrected chi connectivity index (χ2v) is 6.03. The summed E-state index contributed by atoms with van der Waals surface area (Å²) in [6, 6.07) is 1.82. The van der Waals surface area contributed by atoms with Crippen molar-refractivity contribution >= 4 is 6.08 Å². The molecule has 1 aromatic heterocycles. The average Bonchev–Trinajstić information content (AvgIpc) is 2.35. The van der Waals surface area contributed by atoms with Gasteiger partial charge in [0.05, 0.1) is 0 Å². The first-order valence-corrected chi connectivity index (χ1v) is 7.06. The Morgan fingerprint density at radius 1 is 1.37 bits per heavy atom. The Morgan fingerprint density at radius 3 is 2.89 bits per heavy atom. The van der Waals surface area contributed by atoms with Crippen LogP contribution in [0.3, 0.4) is 0 Å². The van der Waals surface area contributed by atoms with E-state index >= 15 is 0 Å². The molecule has 0 bridgehead atoms. The number of fused-ring (bicyclic) bond motifs is 2. The van der Waals surface area contributed by atoms with Crippen LogP contribution in [0.4, 0.5) is 0 Å². The third-order valence-corrected chi connectivity index (χ3v) is 4.35. The number of rotatable bonds is 1. The van der Waals surface area contributed by atoms with E-state index in [1.807, 2.05) is 12.1 Å². The molecule has 0 radical (unpaired) electrons. The first-order chi connectivity index (χ1) is 9.04. The van der Waals surface area contributed by atoms with E-state index < -0.39 is 0 Å². The molecule has 1 aliphatic carbocycles. The van der Waals surface area contributed by atoms with Crippen molar-refractivity contribution in [3.8, 4) is 5.75 Å². The Hall–Kier alpha value is -1.51. The standard InChI is InChI=1S/C16H20O3/c1-9(2)11-4-5-12-7-13-15(19-14(12)8-11)6-10(3)18-16(13)17/h6-7,9,11,14H,4-5,8H2,1-3H3/t11-,14?/m0/s1. The van der Waals surface area contributed by atoms with Gasteiger partial charge in [-0.1, -0.05) is 13.8 Å². The molecule has 0 saturated heterocycles. The van der Waals surface area contributed by atoms with E-state index in [4.69, 9.17) is 9.15 Å². The van der Waals surface area contributed by atoms with Gasteiger partial charge in [0.15, 0.2) is 0 Å². The van der Waals surface area contributed by atoms with Gasteiger partial charge in [-0.05, 0) is 49.7 Å². The summed E-state index contributed by atoms with van der Waals surface area (Å²) in [6.07, 6.45) is 5.42. The summed E-state index contributed by atoms with van der Waals surface area (Å²) in [6.45, 7) is 6.33. The van der Waals surface area contributed by atoms with E-state index in [-0.39, 0.29) is 11.7 Å². The zero-order valence-electron chi connectivity index (χ0n) is 11.7. The summed E-state index contributed by atoms with van der Waals surface area (Å²) in [5.74, 6) is 2.70. The Balaban J connectivity index is 1.95. The van der Waals surface area contributed by atoms with Crippen molar-refractivity contribution in [1.82, 2.24) is 0 Å². The van der Waals surface area contributed by atoms with Crippen LogP contribution in [0.1, 0.15) is 44.4 Å². The summed E-state index contributed by atoms with van der Waals surface area (Å²) in [7, 11) is 0. The molecule has 1 unspecified atom stereocenters. The third-order valence-electron chi connectivity index (χ3n) is 4.35. The van der Waals surface area contributed by atoms with Crippen molar-refractivity contribution in [2.24, 2.45) is 11.8 Å². The summed E-state index contributed by atoms with van der Waals surface area (Å²) in [5, 5.41) is 0. The van der Waals surface area contributed by atoms with Gasteiger partial charge in [-0.15, -0.1) is 0 Å². The Kier molecular flexibility index (Phi) is 3.00. The molecule has 0 amide bonds. The second kappa shape index (κ2) is 4.55. The van der Waals surface area contributed by atoms with Crippen molar-refractivity contribution in [1.29, 1.82) is 0 Å². The lowest BCUT2D eigenvalue weighted by Crippen LogP contribution is -2.33. The predicted molar refractivity (Wildman–Crippen MR) is 74.3 cm³/mol. The number of ether oxygens (including phenoxy) is 1. The fraction of sp³-hybridized carbons (Fsp3) is 0.562. The minimum absolute atomic E-state index is 0.148. The Bertz CT molecular complexity index is 580. The maximum atomic E-state index is 11.8. The van der Waals surface area contributed by atoms with Crippen LogP contribution in [-0.4, -0.2) is 6.10 Å². The molecule has 1 aliphatic heterocycles. The number of hydrogen-bond donors (Lipinski definition) is 0. The maximum absolute atomic E-state index is 11.8. The smallest absolute Gasteiger partial charge is 0.346 e. The van der Waals surface area contributed by atoms with Gasteiger partial charge < -0.3 is 9.15 Å². The molecule has 2 atom stereocenters. The largest absolute Gasteiger partial charge is 0.485 e. The molecule has 2 aliphatic rings. The second-order valence-electron chi connectivity index (χ2n) is 6.03. The van der Waals surface area contributed by atoms with Gasteiger partial charge in [0.25, 0.3) is 0 Å². The van der Waals surface area contributed by atoms with E-state index in [1.165, 1.54) is 12.0 Å². The molecule has 0 aromatic carbocycles. The highest BCUT2D eigenvalue weighted by molar-refractivity contribution is 5.62. The van der Waals surface area contributed by atoms with Gasteiger partial charge in [0, 0.05) is 6.07 Å². The van der Waals surface area contributed by atoms with Crippen LogP contribution in [0.25, 0.3) is 6.08 Å². The summed E-state index contributed by atoms with van der Waals surface area (Å²) in [5.41, 5.74) is 1.55. The fourth-order valence-corrected chi connectivity index (χ4v) is 3.11. The van der Waals surface area contributed by atoms with Crippen LogP contribution in [0.2, 0.25) is 0 Å². The van der Waals surface area contributed by atoms with Gasteiger partial charge in [-0.25, -0.2) is 4.79 Å². The normalized spacial score (nSPS) is 25.4. The number of hydrogen-bond acceptors (Lipinski definition) is 3. The molecule has 1 saturated carbocycles. The van der Waals surface area contributed by atoms with Gasteiger partial charge >= 0.3 is 5.63 Å². The molecule has 3 nitrogen and oxygen atoms in total. The van der Waals surface area contributed by atoms with Crippen LogP contribution in [0.5, 0.6) is 5.75 Å². The highest BCUT2D eigenvalue weighted by Gasteiger charge is 2.32. The van der Waals surface area contributed by atoms with Crippen molar-refractivity contribution in [2.75, 3.05) is 0 Å². The van der Waals surface area contributed by atoms with Gasteiger partial charge in [-0.2, -0.15) is 0 Å². The van der Waals surface area contributed by atoms with Crippen LogP contribution in [-0.2, 0) is 0 Å². The Morgan fingerprint density at radius 2 is 2.16 bits per heavy atom. The molecule has 1 fully saturated rings. The molecule has 3 rings (SSSR count). The number of aryl methyl sites for hydroxylation is 1. The van der Waals surface area contributed by atoms with Gasteiger partial charge in [0.2, 0.25) is 0 Å². The van der Waals surface area contributed by atoms with E-state index in [9.17, 15) is 4.79 Å². The lowest BCUT2D eigenvalue weighted by Gasteiger charge is -2.36. The van der Waals surface area contributed by atoms with Crippen molar-refractivity contribution in [3.63, 3.8) is 0 Å². The van der Waals surface area contributed by atoms with E-state index in [0.29, 0.717) is 28.9 Å². The van der Waals surface area contributed by atoms with E-state index in [0.717, 1.165) is 12.8 Å². The van der Waals surface area contributed by atoms with Crippen molar-refractivity contribution < 1.29 is 9.15 Å². The van der Waals surface area contributed by atoms with Crippen LogP contribution in [0, 0.1) is 18.8 Å². The Labute approximate surface area is 113 Å². The summed E-state index contributed by atoms with van der Waals surface area (Å²) < 4.78 is 11.2. The van der Waals surface area contributed by atoms with Crippen molar-refractivity contribution in [2.45, 2.75) is 46.1 Å². The third kappa shape index (κ3) is 2.22. The zero-order chi connectivity index (χ0) is 13.6. The maximum Gasteiger partial charge on any atom is 0.346 e. The first-order valence-electron chi connectivity index (χ1n) is 7.06. The lowest BCUT2D eigenvalue weighted by atomic mass is 9.77. The molecule has 0 N–H and O–H groups in total. The molecule has 0 spiro atoms. The lowest BCUT2D eigenvalue weighted by molar-refractivity contribution is 0.145. The molecule has 19 heavy (non-hydrogen) atoms. The SMILES string of the molecule is Cc1cc2c(c(=O)o1)C=C1CC[C@H](C(C)C)CC1O2. The topological polar surface area (TPSA) is 39.4 Å². The fourth-order valence-electron chi connectivity index (χ4n) is 3.11. The summed E-state index contributed by atoms with van der Waals surface area (Å²) >= 11 is 0. The first kappa shape index (κ1) is 12.5. The predicted octanol–water partition coefficient (Wildman–Crippen LogP) is 3.55. The monoisotopic (exact) mass is 260 g/mol. The van der Waals surface area contributed by atoms with Crippen molar-refractivity contribution in [3.05, 3.63) is 33.4 Å². The van der Waals surface area contributed by atoms with Crippen LogP contribution in [0.15, 0.2) is 20.9 Å². The van der Waals surface area contributed by atoms with Crippen LogP contribution >= 0.6 is 0 Å². The highest BCUT2D eigenvalue weighted by Crippen LogP contribution is 2.39. The molecule has 102 valence electrons. The summed E-state index contributed by atoms with van der Waals surface area (Å²) in [4.78, 5) is 11.8. The molecule has 2 heterocycles. The average molecular weight is 260 g/mol. The molecule has 1 aromatic rings. The quantitative estimate of drug-likeness (QED) is 0.775. The van der Waals surface area contributed by atoms with E-state index in [1.54, 1.807) is 6.92 Å². The highest BCUT2D eigenvalue weighted by atomic mass is 16.5. The van der Waals surface area contributed by atoms with E-state index in [2.05, 4.69) is 13.8 Å². The van der Waals surface area contributed by atoms with Gasteiger partial charge in [0.1, 0.15) is 23.2 Å². The van der Waals surface area contributed by atoms with Gasteiger partial charge in [-0.3, -0.25) is 0 Å². The van der Waals surface area contributed by atoms with Crippen LogP contribution < -0.4 is 10.4 Å². The molecular weight excluding hydrogens is 240 g/mol. The molecule has 3 heteroatoms. The minimum atomic E-state index is -0.285. The molecular formula is C16H20O3. The minimum Gasteiger partial charge on any atom is -0.485 e. The zero-order valence-corrected chi connectivity index (χ0v) is 11.7.